The Bertz CT molecular complexity index is 871. The van der Waals surface area contributed by atoms with Crippen LogP contribution in [0.4, 0.5) is 10.6 Å². The summed E-state index contributed by atoms with van der Waals surface area (Å²) in [5.74, 6) is 0.503. The average molecular weight is 413 g/mol. The number of rotatable bonds is 6. The molecule has 3 rings (SSSR count). The molecule has 2 unspecified atom stereocenters. The Morgan fingerprint density at radius 1 is 1.27 bits per heavy atom. The minimum absolute atomic E-state index is 0.0309. The van der Waals surface area contributed by atoms with Gasteiger partial charge in [-0.25, -0.2) is 9.48 Å². The molecular weight excluding hydrogens is 380 g/mol. The van der Waals surface area contributed by atoms with Crippen molar-refractivity contribution in [1.29, 1.82) is 0 Å². The van der Waals surface area contributed by atoms with Gasteiger partial charge in [-0.05, 0) is 18.4 Å². The molecule has 1 aromatic heterocycles. The van der Waals surface area contributed by atoms with Gasteiger partial charge in [-0.3, -0.25) is 15.4 Å². The minimum atomic E-state index is -0.507. The Balaban J connectivity index is 1.71. The van der Waals surface area contributed by atoms with E-state index in [1.54, 1.807) is 4.68 Å². The van der Waals surface area contributed by atoms with Gasteiger partial charge >= 0.3 is 6.03 Å². The van der Waals surface area contributed by atoms with Gasteiger partial charge in [0.25, 0.3) is 0 Å². The van der Waals surface area contributed by atoms with Crippen LogP contribution in [0, 0.1) is 0 Å². The zero-order valence-electron chi connectivity index (χ0n) is 18.2. The van der Waals surface area contributed by atoms with Gasteiger partial charge in [-0.2, -0.15) is 5.10 Å². The van der Waals surface area contributed by atoms with Gasteiger partial charge in [-0.15, -0.1) is 0 Å². The van der Waals surface area contributed by atoms with Crippen molar-refractivity contribution in [3.05, 3.63) is 47.7 Å². The summed E-state index contributed by atoms with van der Waals surface area (Å²) in [6, 6.07) is 11.6. The van der Waals surface area contributed by atoms with E-state index >= 15 is 0 Å². The standard InChI is InChI=1S/C22H32N6O2/c1-5-16-13-19(29)26-20(24-16)28-18(14-17(27-28)22(2,3)4)25-21(30)23-12-11-15-9-7-6-8-10-15/h6-10,14,16,20,24H,5,11-13H2,1-4H3,(H,26,29)(H2,23,25,30). The first-order chi connectivity index (χ1) is 14.3. The lowest BCUT2D eigenvalue weighted by Crippen LogP contribution is -2.53. The molecule has 0 bridgehead atoms. The predicted molar refractivity (Wildman–Crippen MR) is 117 cm³/mol. The summed E-state index contributed by atoms with van der Waals surface area (Å²) in [6.45, 7) is 8.74. The molecule has 1 aliphatic heterocycles. The van der Waals surface area contributed by atoms with Gasteiger partial charge in [-0.1, -0.05) is 58.0 Å². The highest BCUT2D eigenvalue weighted by Gasteiger charge is 2.30. The summed E-state index contributed by atoms with van der Waals surface area (Å²) in [6.07, 6.45) is 1.51. The number of urea groups is 1. The number of benzene rings is 1. The largest absolute Gasteiger partial charge is 0.337 e. The highest BCUT2D eigenvalue weighted by atomic mass is 16.2. The van der Waals surface area contributed by atoms with Crippen LogP contribution in [0.15, 0.2) is 36.4 Å². The van der Waals surface area contributed by atoms with Crippen molar-refractivity contribution in [3.63, 3.8) is 0 Å². The highest BCUT2D eigenvalue weighted by Crippen LogP contribution is 2.26. The molecule has 1 aromatic carbocycles. The van der Waals surface area contributed by atoms with Crippen molar-refractivity contribution in [3.8, 4) is 0 Å². The van der Waals surface area contributed by atoms with Crippen LogP contribution in [0.2, 0.25) is 0 Å². The minimum Gasteiger partial charge on any atom is -0.337 e. The topological polar surface area (TPSA) is 100 Å². The molecule has 162 valence electrons. The molecule has 1 saturated heterocycles. The Hall–Kier alpha value is -2.87. The third-order valence-corrected chi connectivity index (χ3v) is 5.15. The number of anilines is 1. The summed E-state index contributed by atoms with van der Waals surface area (Å²) in [5.41, 5.74) is 1.79. The van der Waals surface area contributed by atoms with Crippen molar-refractivity contribution in [2.24, 2.45) is 0 Å². The first-order valence-electron chi connectivity index (χ1n) is 10.5. The molecule has 3 amide bonds. The third kappa shape index (κ3) is 5.60. The molecule has 0 saturated carbocycles. The second-order valence-corrected chi connectivity index (χ2v) is 8.67. The van der Waals surface area contributed by atoms with E-state index in [2.05, 4.69) is 47.1 Å². The number of aromatic nitrogens is 2. The van der Waals surface area contributed by atoms with Crippen LogP contribution >= 0.6 is 0 Å². The van der Waals surface area contributed by atoms with E-state index in [-0.39, 0.29) is 23.4 Å². The van der Waals surface area contributed by atoms with Crippen molar-refractivity contribution in [2.45, 2.75) is 64.7 Å². The predicted octanol–water partition coefficient (Wildman–Crippen LogP) is 2.89. The van der Waals surface area contributed by atoms with E-state index in [0.29, 0.717) is 18.8 Å². The summed E-state index contributed by atoms with van der Waals surface area (Å²) >= 11 is 0. The second kappa shape index (κ2) is 9.30. The average Bonchev–Trinajstić information content (AvgIpc) is 3.12. The molecule has 8 nitrogen and oxygen atoms in total. The van der Waals surface area contributed by atoms with E-state index in [9.17, 15) is 9.59 Å². The maximum Gasteiger partial charge on any atom is 0.320 e. The van der Waals surface area contributed by atoms with Crippen molar-refractivity contribution in [1.82, 2.24) is 25.7 Å². The number of hydrogen-bond donors (Lipinski definition) is 4. The first-order valence-corrected chi connectivity index (χ1v) is 10.5. The third-order valence-electron chi connectivity index (χ3n) is 5.15. The first kappa shape index (κ1) is 21.8. The molecule has 2 aromatic rings. The fourth-order valence-electron chi connectivity index (χ4n) is 3.33. The molecule has 2 heterocycles. The van der Waals surface area contributed by atoms with E-state index in [4.69, 9.17) is 0 Å². The lowest BCUT2D eigenvalue weighted by molar-refractivity contribution is -0.125. The van der Waals surface area contributed by atoms with Gasteiger partial charge in [0, 0.05) is 30.5 Å². The van der Waals surface area contributed by atoms with Gasteiger partial charge in [0.05, 0.1) is 5.69 Å². The smallest absolute Gasteiger partial charge is 0.320 e. The monoisotopic (exact) mass is 412 g/mol. The molecule has 0 spiro atoms. The zero-order chi connectivity index (χ0) is 21.7. The Morgan fingerprint density at radius 3 is 2.67 bits per heavy atom. The lowest BCUT2D eigenvalue weighted by Gasteiger charge is -2.32. The van der Waals surface area contributed by atoms with Crippen LogP contribution in [0.25, 0.3) is 0 Å². The Labute approximate surface area is 177 Å². The Morgan fingerprint density at radius 2 is 2.00 bits per heavy atom. The quantitative estimate of drug-likeness (QED) is 0.586. The number of nitrogens with one attached hydrogen (secondary N) is 4. The summed E-state index contributed by atoms with van der Waals surface area (Å²) in [5, 5.41) is 16.8. The number of amides is 3. The molecule has 30 heavy (non-hydrogen) atoms. The zero-order valence-corrected chi connectivity index (χ0v) is 18.2. The normalized spacial score (nSPS) is 19.3. The van der Waals surface area contributed by atoms with Gasteiger partial charge in [0.2, 0.25) is 5.91 Å². The maximum atomic E-state index is 12.5. The molecule has 1 fully saturated rings. The van der Waals surface area contributed by atoms with Crippen LogP contribution in [0.3, 0.4) is 0 Å². The molecule has 2 atom stereocenters. The van der Waals surface area contributed by atoms with Gasteiger partial charge in [0.15, 0.2) is 6.29 Å². The second-order valence-electron chi connectivity index (χ2n) is 8.67. The van der Waals surface area contributed by atoms with Crippen LogP contribution in [-0.2, 0) is 16.6 Å². The van der Waals surface area contributed by atoms with Gasteiger partial charge in [0.1, 0.15) is 5.82 Å². The molecule has 1 aliphatic rings. The fourth-order valence-corrected chi connectivity index (χ4v) is 3.33. The van der Waals surface area contributed by atoms with Gasteiger partial charge < -0.3 is 10.6 Å². The number of nitrogens with zero attached hydrogens (tertiary/aromatic N) is 2. The van der Waals surface area contributed by atoms with Crippen LogP contribution < -0.4 is 21.3 Å². The van der Waals surface area contributed by atoms with E-state index < -0.39 is 6.29 Å². The van der Waals surface area contributed by atoms with E-state index in [1.165, 1.54) is 0 Å². The molecule has 4 N–H and O–H groups in total. The van der Waals surface area contributed by atoms with E-state index in [1.807, 2.05) is 43.3 Å². The fraction of sp³-hybridized carbons (Fsp3) is 0.500. The number of hydrogen-bond acceptors (Lipinski definition) is 4. The number of carbonyl (C=O) groups excluding carboxylic acids is 2. The molecular formula is C22H32N6O2. The van der Waals surface area contributed by atoms with E-state index in [0.717, 1.165) is 24.1 Å². The van der Waals surface area contributed by atoms with Crippen LogP contribution in [0.1, 0.15) is 58.1 Å². The van der Waals surface area contributed by atoms with Crippen LogP contribution in [-0.4, -0.2) is 34.3 Å². The van der Waals surface area contributed by atoms with Crippen LogP contribution in [0.5, 0.6) is 0 Å². The summed E-state index contributed by atoms with van der Waals surface area (Å²) < 4.78 is 1.65. The van der Waals surface area contributed by atoms with Crippen molar-refractivity contribution < 1.29 is 9.59 Å². The maximum absolute atomic E-state index is 12.5. The number of carbonyl (C=O) groups is 2. The SMILES string of the molecule is CCC1CC(=O)NC(n2nc(C(C)(C)C)cc2NC(=O)NCCc2ccccc2)N1. The molecule has 0 aliphatic carbocycles. The Kier molecular flexibility index (Phi) is 6.77. The van der Waals surface area contributed by atoms with Crippen molar-refractivity contribution in [2.75, 3.05) is 11.9 Å². The lowest BCUT2D eigenvalue weighted by atomic mass is 9.92. The van der Waals surface area contributed by atoms with Crippen molar-refractivity contribution >= 4 is 17.8 Å². The summed E-state index contributed by atoms with van der Waals surface area (Å²) in [7, 11) is 0. The molecule has 8 heteroatoms. The highest BCUT2D eigenvalue weighted by molar-refractivity contribution is 5.88. The molecule has 0 radical (unpaired) electrons. The summed E-state index contributed by atoms with van der Waals surface area (Å²) in [4.78, 5) is 24.6.